The molecule has 15 heavy (non-hydrogen) atoms. The van der Waals surface area contributed by atoms with Gasteiger partial charge >= 0.3 is 0 Å². The highest BCUT2D eigenvalue weighted by Gasteiger charge is 2.38. The Morgan fingerprint density at radius 2 is 2.27 bits per heavy atom. The molecule has 1 N–H and O–H groups in total. The van der Waals surface area contributed by atoms with Gasteiger partial charge in [0, 0.05) is 6.42 Å². The van der Waals surface area contributed by atoms with Crippen LogP contribution >= 0.6 is 11.3 Å². The predicted molar refractivity (Wildman–Crippen MR) is 65.2 cm³/mol. The third-order valence-corrected chi connectivity index (χ3v) is 4.53. The van der Waals surface area contributed by atoms with Gasteiger partial charge in [-0.3, -0.25) is 0 Å². The zero-order chi connectivity index (χ0) is 10.9. The highest BCUT2D eigenvalue weighted by Crippen LogP contribution is 2.39. The number of hydrogen-bond donors (Lipinski definition) is 1. The first-order valence-electron chi connectivity index (χ1n) is 5.83. The van der Waals surface area contributed by atoms with Gasteiger partial charge < -0.3 is 5.11 Å². The first kappa shape index (κ1) is 11.2. The average molecular weight is 224 g/mol. The fourth-order valence-electron chi connectivity index (χ4n) is 2.70. The van der Waals surface area contributed by atoms with E-state index in [1.807, 2.05) is 0 Å². The molecule has 84 valence electrons. The fourth-order valence-corrected chi connectivity index (χ4v) is 3.37. The lowest BCUT2D eigenvalue weighted by Crippen LogP contribution is -2.43. The third kappa shape index (κ3) is 2.43. The Kier molecular flexibility index (Phi) is 3.17. The molecule has 0 aromatic carbocycles. The molecule has 0 spiro atoms. The number of hydrogen-bond acceptors (Lipinski definition) is 2. The van der Waals surface area contributed by atoms with Gasteiger partial charge in [0.1, 0.15) is 0 Å². The summed E-state index contributed by atoms with van der Waals surface area (Å²) in [6.45, 7) is 4.45. The van der Waals surface area contributed by atoms with Crippen LogP contribution in [0.2, 0.25) is 0 Å². The zero-order valence-corrected chi connectivity index (χ0v) is 10.4. The Morgan fingerprint density at radius 1 is 1.47 bits per heavy atom. The van der Waals surface area contributed by atoms with Gasteiger partial charge in [-0.05, 0) is 47.1 Å². The minimum atomic E-state index is -0.460. The van der Waals surface area contributed by atoms with Crippen molar-refractivity contribution < 1.29 is 5.11 Å². The lowest BCUT2D eigenvalue weighted by atomic mass is 9.70. The number of thiophene rings is 1. The molecule has 1 saturated carbocycles. The van der Waals surface area contributed by atoms with Crippen LogP contribution in [0.5, 0.6) is 0 Å². The van der Waals surface area contributed by atoms with E-state index in [0.717, 1.165) is 12.8 Å². The second-order valence-corrected chi connectivity index (χ2v) is 5.98. The van der Waals surface area contributed by atoms with E-state index in [2.05, 4.69) is 30.7 Å². The minimum Gasteiger partial charge on any atom is -0.389 e. The molecule has 1 aromatic heterocycles. The zero-order valence-electron chi connectivity index (χ0n) is 9.57. The monoisotopic (exact) mass is 224 g/mol. The van der Waals surface area contributed by atoms with Gasteiger partial charge in [-0.25, -0.2) is 0 Å². The highest BCUT2D eigenvalue weighted by molar-refractivity contribution is 7.07. The summed E-state index contributed by atoms with van der Waals surface area (Å²) in [5, 5.41) is 14.9. The maximum atomic E-state index is 10.7. The molecule has 1 fully saturated rings. The SMILES string of the molecule is CC1CCC(C)C(O)(Cc2ccsc2)C1. The van der Waals surface area contributed by atoms with Crippen molar-refractivity contribution >= 4 is 11.3 Å². The van der Waals surface area contributed by atoms with Crippen molar-refractivity contribution in [2.45, 2.75) is 45.1 Å². The summed E-state index contributed by atoms with van der Waals surface area (Å²) in [7, 11) is 0. The van der Waals surface area contributed by atoms with Crippen LogP contribution in [-0.4, -0.2) is 10.7 Å². The largest absolute Gasteiger partial charge is 0.389 e. The van der Waals surface area contributed by atoms with Gasteiger partial charge in [0.05, 0.1) is 5.60 Å². The molecule has 1 aliphatic carbocycles. The molecule has 1 aromatic rings. The maximum Gasteiger partial charge on any atom is 0.0716 e. The Bertz CT molecular complexity index is 306. The Labute approximate surface area is 96.1 Å². The number of rotatable bonds is 2. The van der Waals surface area contributed by atoms with Gasteiger partial charge in [0.25, 0.3) is 0 Å². The first-order chi connectivity index (χ1) is 7.10. The van der Waals surface area contributed by atoms with Gasteiger partial charge in [0.2, 0.25) is 0 Å². The molecular formula is C13H20OS. The van der Waals surface area contributed by atoms with E-state index in [1.165, 1.54) is 18.4 Å². The first-order valence-corrected chi connectivity index (χ1v) is 6.78. The molecule has 0 aliphatic heterocycles. The second kappa shape index (κ2) is 4.26. The molecule has 0 saturated heterocycles. The smallest absolute Gasteiger partial charge is 0.0716 e. The molecule has 0 radical (unpaired) electrons. The molecule has 3 unspecified atom stereocenters. The van der Waals surface area contributed by atoms with E-state index in [-0.39, 0.29) is 0 Å². The third-order valence-electron chi connectivity index (χ3n) is 3.80. The molecule has 2 rings (SSSR count). The van der Waals surface area contributed by atoms with Crippen molar-refractivity contribution in [3.05, 3.63) is 22.4 Å². The van der Waals surface area contributed by atoms with Crippen LogP contribution in [0.15, 0.2) is 16.8 Å². The molecular weight excluding hydrogens is 204 g/mol. The predicted octanol–water partition coefficient (Wildman–Crippen LogP) is 3.48. The average Bonchev–Trinajstić information content (AvgIpc) is 2.64. The Morgan fingerprint density at radius 3 is 2.93 bits per heavy atom. The summed E-state index contributed by atoms with van der Waals surface area (Å²) in [4.78, 5) is 0. The van der Waals surface area contributed by atoms with Crippen LogP contribution in [0.3, 0.4) is 0 Å². The van der Waals surface area contributed by atoms with E-state index in [1.54, 1.807) is 11.3 Å². The molecule has 3 atom stereocenters. The standard InChI is InChI=1S/C13H20OS/c1-10-3-4-11(2)13(14,7-10)8-12-5-6-15-9-12/h5-6,9-11,14H,3-4,7-8H2,1-2H3. The summed E-state index contributed by atoms with van der Waals surface area (Å²) < 4.78 is 0. The summed E-state index contributed by atoms with van der Waals surface area (Å²) in [5.74, 6) is 1.11. The summed E-state index contributed by atoms with van der Waals surface area (Å²) in [5.41, 5.74) is 0.835. The van der Waals surface area contributed by atoms with E-state index in [9.17, 15) is 5.11 Å². The van der Waals surface area contributed by atoms with E-state index in [0.29, 0.717) is 11.8 Å². The second-order valence-electron chi connectivity index (χ2n) is 5.20. The van der Waals surface area contributed by atoms with Crippen molar-refractivity contribution in [2.24, 2.45) is 11.8 Å². The fraction of sp³-hybridized carbons (Fsp3) is 0.692. The highest BCUT2D eigenvalue weighted by atomic mass is 32.1. The van der Waals surface area contributed by atoms with Gasteiger partial charge in [-0.2, -0.15) is 11.3 Å². The Hall–Kier alpha value is -0.340. The van der Waals surface area contributed by atoms with Crippen molar-refractivity contribution in [1.82, 2.24) is 0 Å². The van der Waals surface area contributed by atoms with Crippen LogP contribution in [0.1, 0.15) is 38.7 Å². The van der Waals surface area contributed by atoms with Crippen molar-refractivity contribution in [2.75, 3.05) is 0 Å². The van der Waals surface area contributed by atoms with Crippen LogP contribution in [0.4, 0.5) is 0 Å². The molecule has 1 heterocycles. The summed E-state index contributed by atoms with van der Waals surface area (Å²) in [6.07, 6.45) is 4.24. The summed E-state index contributed by atoms with van der Waals surface area (Å²) in [6, 6.07) is 2.13. The summed E-state index contributed by atoms with van der Waals surface area (Å²) >= 11 is 1.72. The van der Waals surface area contributed by atoms with Crippen LogP contribution in [0, 0.1) is 11.8 Å². The lowest BCUT2D eigenvalue weighted by molar-refractivity contribution is -0.0559. The van der Waals surface area contributed by atoms with Gasteiger partial charge in [-0.15, -0.1) is 0 Å². The lowest BCUT2D eigenvalue weighted by Gasteiger charge is -2.41. The van der Waals surface area contributed by atoms with E-state index < -0.39 is 5.60 Å². The van der Waals surface area contributed by atoms with Gasteiger partial charge in [-0.1, -0.05) is 20.3 Å². The van der Waals surface area contributed by atoms with E-state index >= 15 is 0 Å². The van der Waals surface area contributed by atoms with E-state index in [4.69, 9.17) is 0 Å². The van der Waals surface area contributed by atoms with Crippen molar-refractivity contribution in [3.8, 4) is 0 Å². The molecule has 1 nitrogen and oxygen atoms in total. The minimum absolute atomic E-state index is 0.439. The van der Waals surface area contributed by atoms with Crippen molar-refractivity contribution in [3.63, 3.8) is 0 Å². The number of aliphatic hydroxyl groups is 1. The Balaban J connectivity index is 2.09. The van der Waals surface area contributed by atoms with Crippen LogP contribution in [0.25, 0.3) is 0 Å². The molecule has 0 bridgehead atoms. The quantitative estimate of drug-likeness (QED) is 0.815. The van der Waals surface area contributed by atoms with Crippen LogP contribution in [-0.2, 0) is 6.42 Å². The molecule has 2 heteroatoms. The van der Waals surface area contributed by atoms with Crippen molar-refractivity contribution in [1.29, 1.82) is 0 Å². The van der Waals surface area contributed by atoms with Crippen LogP contribution < -0.4 is 0 Å². The molecule has 1 aliphatic rings. The normalized spacial score (nSPS) is 36.7. The maximum absolute atomic E-state index is 10.7. The topological polar surface area (TPSA) is 20.2 Å². The molecule has 0 amide bonds. The van der Waals surface area contributed by atoms with Gasteiger partial charge in [0.15, 0.2) is 0 Å².